The maximum absolute atomic E-state index is 11.4. The summed E-state index contributed by atoms with van der Waals surface area (Å²) in [5.41, 5.74) is 0. The zero-order valence-electron chi connectivity index (χ0n) is 10.9. The lowest BCUT2D eigenvalue weighted by Gasteiger charge is -2.14. The number of rotatable bonds is 10. The van der Waals surface area contributed by atoms with Crippen LogP contribution in [0.1, 0.15) is 19.8 Å². The number of carbonyl (C=O) groups is 2. The Hall–Kier alpha value is -0.950. The molecule has 1 atom stereocenters. The summed E-state index contributed by atoms with van der Waals surface area (Å²) in [6.45, 7) is 3.62. The van der Waals surface area contributed by atoms with Gasteiger partial charge in [0.25, 0.3) is 0 Å². The minimum atomic E-state index is -1.01. The van der Waals surface area contributed by atoms with Gasteiger partial charge in [0.15, 0.2) is 0 Å². The van der Waals surface area contributed by atoms with Crippen molar-refractivity contribution in [1.29, 1.82) is 0 Å². The summed E-state index contributed by atoms with van der Waals surface area (Å²) < 4.78 is 5.12. The Kier molecular flexibility index (Phi) is 10.6. The highest BCUT2D eigenvalue weighted by Gasteiger charge is 2.18. The topological polar surface area (TPSA) is 87.7 Å². The van der Waals surface area contributed by atoms with Crippen LogP contribution < -0.4 is 10.6 Å². The van der Waals surface area contributed by atoms with Crippen molar-refractivity contribution >= 4 is 23.8 Å². The number of urea groups is 1. The van der Waals surface area contributed by atoms with E-state index in [9.17, 15) is 9.59 Å². The molecular weight excluding hydrogens is 256 g/mol. The first kappa shape index (κ1) is 17.1. The van der Waals surface area contributed by atoms with Gasteiger partial charge in [-0.05, 0) is 31.8 Å². The highest BCUT2D eigenvalue weighted by atomic mass is 32.2. The summed E-state index contributed by atoms with van der Waals surface area (Å²) in [7, 11) is 0. The number of amides is 2. The number of nitrogens with one attached hydrogen (secondary N) is 2. The van der Waals surface area contributed by atoms with Crippen molar-refractivity contribution in [2.45, 2.75) is 25.8 Å². The van der Waals surface area contributed by atoms with E-state index >= 15 is 0 Å². The van der Waals surface area contributed by atoms with E-state index in [2.05, 4.69) is 10.6 Å². The van der Waals surface area contributed by atoms with Gasteiger partial charge >= 0.3 is 12.0 Å². The van der Waals surface area contributed by atoms with Crippen LogP contribution in [-0.4, -0.2) is 54.9 Å². The fourth-order valence-corrected chi connectivity index (χ4v) is 1.69. The smallest absolute Gasteiger partial charge is 0.326 e. The van der Waals surface area contributed by atoms with Gasteiger partial charge in [-0.3, -0.25) is 0 Å². The number of hydrogen-bond acceptors (Lipinski definition) is 4. The predicted octanol–water partition coefficient (Wildman–Crippen LogP) is 0.919. The molecule has 0 fully saturated rings. The van der Waals surface area contributed by atoms with Gasteiger partial charge in [-0.2, -0.15) is 11.8 Å². The molecule has 0 heterocycles. The molecule has 3 N–H and O–H groups in total. The van der Waals surface area contributed by atoms with Crippen molar-refractivity contribution in [3.05, 3.63) is 0 Å². The van der Waals surface area contributed by atoms with Crippen LogP contribution in [0.15, 0.2) is 0 Å². The van der Waals surface area contributed by atoms with Crippen LogP contribution >= 0.6 is 11.8 Å². The van der Waals surface area contributed by atoms with Gasteiger partial charge in [0.2, 0.25) is 0 Å². The van der Waals surface area contributed by atoms with Crippen molar-refractivity contribution in [1.82, 2.24) is 10.6 Å². The molecule has 0 rings (SSSR count). The molecule has 0 aliphatic rings. The number of carboxylic acids is 1. The molecule has 0 aliphatic carbocycles. The number of hydrogen-bond donors (Lipinski definition) is 3. The minimum absolute atomic E-state index is 0.420. The van der Waals surface area contributed by atoms with Gasteiger partial charge in [-0.15, -0.1) is 0 Å². The number of thioether (sulfide) groups is 1. The Morgan fingerprint density at radius 3 is 2.72 bits per heavy atom. The van der Waals surface area contributed by atoms with E-state index in [4.69, 9.17) is 9.84 Å². The van der Waals surface area contributed by atoms with E-state index in [0.717, 1.165) is 0 Å². The normalized spacial score (nSPS) is 11.9. The molecule has 2 amide bonds. The maximum atomic E-state index is 11.4. The molecule has 0 aromatic carbocycles. The van der Waals surface area contributed by atoms with Gasteiger partial charge in [0.1, 0.15) is 6.04 Å². The van der Waals surface area contributed by atoms with Crippen LogP contribution in [0.25, 0.3) is 0 Å². The largest absolute Gasteiger partial charge is 0.480 e. The molecule has 0 aromatic rings. The summed E-state index contributed by atoms with van der Waals surface area (Å²) in [5, 5.41) is 14.0. The van der Waals surface area contributed by atoms with Crippen LogP contribution in [0.2, 0.25) is 0 Å². The second-order valence-corrected chi connectivity index (χ2v) is 4.61. The Bertz CT molecular complexity index is 251. The van der Waals surface area contributed by atoms with Crippen molar-refractivity contribution in [3.8, 4) is 0 Å². The SMILES string of the molecule is CCOCCCNC(=O)N[C@H](CCSC)C(=O)O. The maximum Gasteiger partial charge on any atom is 0.326 e. The first-order chi connectivity index (χ1) is 8.61. The lowest BCUT2D eigenvalue weighted by Crippen LogP contribution is -2.46. The van der Waals surface area contributed by atoms with Gasteiger partial charge in [0.05, 0.1) is 0 Å². The summed E-state index contributed by atoms with van der Waals surface area (Å²) in [4.78, 5) is 22.3. The van der Waals surface area contributed by atoms with E-state index in [0.29, 0.717) is 38.4 Å². The zero-order chi connectivity index (χ0) is 13.8. The monoisotopic (exact) mass is 278 g/mol. The Labute approximate surface area is 112 Å². The third-order valence-corrected chi connectivity index (χ3v) is 2.81. The van der Waals surface area contributed by atoms with Crippen molar-refractivity contribution in [2.24, 2.45) is 0 Å². The minimum Gasteiger partial charge on any atom is -0.480 e. The molecule has 18 heavy (non-hydrogen) atoms. The summed E-state index contributed by atoms with van der Waals surface area (Å²) in [6, 6.07) is -1.27. The molecule has 0 unspecified atom stereocenters. The Morgan fingerprint density at radius 1 is 1.44 bits per heavy atom. The van der Waals surface area contributed by atoms with E-state index < -0.39 is 18.0 Å². The molecule has 0 aliphatic heterocycles. The van der Waals surface area contributed by atoms with Crippen LogP contribution in [-0.2, 0) is 9.53 Å². The Morgan fingerprint density at radius 2 is 2.17 bits per heavy atom. The Balaban J connectivity index is 3.77. The number of aliphatic carboxylic acids is 1. The number of carbonyl (C=O) groups excluding carboxylic acids is 1. The summed E-state index contributed by atoms with van der Waals surface area (Å²) in [5.74, 6) is -0.310. The van der Waals surface area contributed by atoms with E-state index in [1.165, 1.54) is 0 Å². The lowest BCUT2D eigenvalue weighted by molar-refractivity contribution is -0.139. The summed E-state index contributed by atoms with van der Waals surface area (Å²) >= 11 is 1.55. The lowest BCUT2D eigenvalue weighted by atomic mass is 10.2. The fraction of sp³-hybridized carbons (Fsp3) is 0.818. The van der Waals surface area contributed by atoms with Gasteiger partial charge in [-0.25, -0.2) is 9.59 Å². The molecule has 0 bridgehead atoms. The highest BCUT2D eigenvalue weighted by molar-refractivity contribution is 7.98. The molecule has 7 heteroatoms. The molecule has 6 nitrogen and oxygen atoms in total. The summed E-state index contributed by atoms with van der Waals surface area (Å²) in [6.07, 6.45) is 3.03. The highest BCUT2D eigenvalue weighted by Crippen LogP contribution is 2.00. The third-order valence-electron chi connectivity index (χ3n) is 2.17. The molecule has 0 saturated heterocycles. The van der Waals surface area contributed by atoms with Crippen LogP contribution in [0.4, 0.5) is 4.79 Å². The molecule has 0 spiro atoms. The predicted molar refractivity (Wildman–Crippen MR) is 72.1 cm³/mol. The van der Waals surface area contributed by atoms with Crippen LogP contribution in [0.3, 0.4) is 0 Å². The van der Waals surface area contributed by atoms with Crippen molar-refractivity contribution in [3.63, 3.8) is 0 Å². The second kappa shape index (κ2) is 11.2. The van der Waals surface area contributed by atoms with Crippen molar-refractivity contribution < 1.29 is 19.4 Å². The quantitative estimate of drug-likeness (QED) is 0.517. The van der Waals surface area contributed by atoms with Gasteiger partial charge < -0.3 is 20.5 Å². The molecule has 0 aromatic heterocycles. The molecule has 0 radical (unpaired) electrons. The first-order valence-electron chi connectivity index (χ1n) is 5.95. The molecule has 0 saturated carbocycles. The van der Waals surface area contributed by atoms with Gasteiger partial charge in [-0.1, -0.05) is 0 Å². The first-order valence-corrected chi connectivity index (χ1v) is 7.35. The second-order valence-electron chi connectivity index (χ2n) is 3.62. The third kappa shape index (κ3) is 9.12. The number of carboxylic acid groups (broad SMARTS) is 1. The average Bonchev–Trinajstić information content (AvgIpc) is 2.33. The van der Waals surface area contributed by atoms with E-state index in [1.54, 1.807) is 11.8 Å². The standard InChI is InChI=1S/C11H22N2O4S/c1-3-17-7-4-6-12-11(16)13-9(10(14)15)5-8-18-2/h9H,3-8H2,1-2H3,(H,14,15)(H2,12,13,16)/t9-/m1/s1. The van der Waals surface area contributed by atoms with Gasteiger partial charge in [0, 0.05) is 19.8 Å². The zero-order valence-corrected chi connectivity index (χ0v) is 11.7. The number of ether oxygens (including phenoxy) is 1. The average molecular weight is 278 g/mol. The van der Waals surface area contributed by atoms with Crippen LogP contribution in [0.5, 0.6) is 0 Å². The van der Waals surface area contributed by atoms with E-state index in [1.807, 2.05) is 13.2 Å². The molecule has 106 valence electrons. The fourth-order valence-electron chi connectivity index (χ4n) is 1.22. The van der Waals surface area contributed by atoms with Crippen molar-refractivity contribution in [2.75, 3.05) is 31.8 Å². The molecular formula is C11H22N2O4S. The van der Waals surface area contributed by atoms with E-state index in [-0.39, 0.29) is 0 Å². The van der Waals surface area contributed by atoms with Crippen LogP contribution in [0, 0.1) is 0 Å².